The first-order valence-electron chi connectivity index (χ1n) is 8.33. The molecule has 23 heavy (non-hydrogen) atoms. The standard InChI is InChI=1S/C18H28N2O3/c1-5-23-18-10-15(6-7-17(18)22-4)11-19-16-8-9-20(14(3)21)12-13(16)2/h6-7,10,13,16,19H,5,8-9,11-12H2,1-4H3/t13-,16+/m1/s1. The molecule has 5 heteroatoms. The number of nitrogens with one attached hydrogen (secondary N) is 1. The van der Waals surface area contributed by atoms with E-state index in [0.29, 0.717) is 18.6 Å². The highest BCUT2D eigenvalue weighted by Gasteiger charge is 2.26. The van der Waals surface area contributed by atoms with Crippen molar-refractivity contribution in [1.29, 1.82) is 0 Å². The zero-order valence-electron chi connectivity index (χ0n) is 14.6. The van der Waals surface area contributed by atoms with Crippen molar-refractivity contribution in [2.24, 2.45) is 5.92 Å². The van der Waals surface area contributed by atoms with Crippen LogP contribution in [0.1, 0.15) is 32.8 Å². The minimum atomic E-state index is 0.173. The molecule has 1 aliphatic heterocycles. The maximum atomic E-state index is 11.5. The second-order valence-electron chi connectivity index (χ2n) is 6.14. The van der Waals surface area contributed by atoms with Gasteiger partial charge in [-0.25, -0.2) is 0 Å². The normalized spacial score (nSPS) is 21.1. The van der Waals surface area contributed by atoms with Gasteiger partial charge in [0.1, 0.15) is 0 Å². The van der Waals surface area contributed by atoms with Crippen LogP contribution in [0, 0.1) is 5.92 Å². The van der Waals surface area contributed by atoms with Gasteiger partial charge in [-0.2, -0.15) is 0 Å². The smallest absolute Gasteiger partial charge is 0.219 e. The molecule has 0 spiro atoms. The van der Waals surface area contributed by atoms with E-state index in [4.69, 9.17) is 9.47 Å². The summed E-state index contributed by atoms with van der Waals surface area (Å²) in [5, 5.41) is 3.62. The molecule has 1 aliphatic rings. The van der Waals surface area contributed by atoms with Crippen LogP contribution in [0.4, 0.5) is 0 Å². The summed E-state index contributed by atoms with van der Waals surface area (Å²) >= 11 is 0. The van der Waals surface area contributed by atoms with Gasteiger partial charge < -0.3 is 19.7 Å². The topological polar surface area (TPSA) is 50.8 Å². The Bertz CT molecular complexity index is 533. The van der Waals surface area contributed by atoms with Crippen molar-refractivity contribution in [2.75, 3.05) is 26.8 Å². The zero-order chi connectivity index (χ0) is 16.8. The molecule has 1 heterocycles. The highest BCUT2D eigenvalue weighted by atomic mass is 16.5. The average molecular weight is 320 g/mol. The molecule has 1 aromatic rings. The number of hydrogen-bond donors (Lipinski definition) is 1. The molecule has 0 unspecified atom stereocenters. The summed E-state index contributed by atoms with van der Waals surface area (Å²) < 4.78 is 10.9. The number of amides is 1. The minimum Gasteiger partial charge on any atom is -0.493 e. The summed E-state index contributed by atoms with van der Waals surface area (Å²) in [6, 6.07) is 6.47. The van der Waals surface area contributed by atoms with Crippen LogP contribution < -0.4 is 14.8 Å². The second-order valence-corrected chi connectivity index (χ2v) is 6.14. The number of benzene rings is 1. The maximum Gasteiger partial charge on any atom is 0.219 e. The molecule has 128 valence electrons. The van der Waals surface area contributed by atoms with Gasteiger partial charge in [0.25, 0.3) is 0 Å². The predicted molar refractivity (Wildman–Crippen MR) is 90.8 cm³/mol. The van der Waals surface area contributed by atoms with Gasteiger partial charge in [-0.15, -0.1) is 0 Å². The van der Waals surface area contributed by atoms with Crippen molar-refractivity contribution in [2.45, 2.75) is 39.8 Å². The van der Waals surface area contributed by atoms with Crippen LogP contribution in [0.5, 0.6) is 11.5 Å². The fourth-order valence-electron chi connectivity index (χ4n) is 3.08. The van der Waals surface area contributed by atoms with E-state index in [1.54, 1.807) is 14.0 Å². The number of hydrogen-bond acceptors (Lipinski definition) is 4. The van der Waals surface area contributed by atoms with E-state index >= 15 is 0 Å². The quantitative estimate of drug-likeness (QED) is 0.875. The van der Waals surface area contributed by atoms with Crippen molar-refractivity contribution < 1.29 is 14.3 Å². The third-order valence-corrected chi connectivity index (χ3v) is 4.45. The van der Waals surface area contributed by atoms with Gasteiger partial charge in [-0.1, -0.05) is 13.0 Å². The highest BCUT2D eigenvalue weighted by Crippen LogP contribution is 2.28. The van der Waals surface area contributed by atoms with E-state index in [-0.39, 0.29) is 5.91 Å². The molecule has 5 nitrogen and oxygen atoms in total. The summed E-state index contributed by atoms with van der Waals surface area (Å²) in [5.74, 6) is 2.18. The van der Waals surface area contributed by atoms with Crippen LogP contribution in [0.15, 0.2) is 18.2 Å². The van der Waals surface area contributed by atoms with E-state index in [1.807, 2.05) is 24.0 Å². The number of carbonyl (C=O) groups is 1. The first-order chi connectivity index (χ1) is 11.0. The van der Waals surface area contributed by atoms with E-state index in [9.17, 15) is 4.79 Å². The number of ether oxygens (including phenoxy) is 2. The van der Waals surface area contributed by atoms with Crippen molar-refractivity contribution >= 4 is 5.91 Å². The number of carbonyl (C=O) groups excluding carboxylic acids is 1. The Morgan fingerprint density at radius 1 is 1.39 bits per heavy atom. The van der Waals surface area contributed by atoms with Crippen molar-refractivity contribution in [3.63, 3.8) is 0 Å². The van der Waals surface area contributed by atoms with Gasteiger partial charge >= 0.3 is 0 Å². The lowest BCUT2D eigenvalue weighted by atomic mass is 9.93. The molecule has 0 aliphatic carbocycles. The summed E-state index contributed by atoms with van der Waals surface area (Å²) in [7, 11) is 1.65. The monoisotopic (exact) mass is 320 g/mol. The molecule has 0 bridgehead atoms. The van der Waals surface area contributed by atoms with E-state index < -0.39 is 0 Å². The molecular formula is C18H28N2O3. The number of rotatable bonds is 6. The summed E-state index contributed by atoms with van der Waals surface area (Å²) in [6.45, 7) is 8.89. The predicted octanol–water partition coefficient (Wildman–Crippen LogP) is 2.44. The first-order valence-corrected chi connectivity index (χ1v) is 8.33. The Morgan fingerprint density at radius 3 is 2.78 bits per heavy atom. The molecule has 0 radical (unpaired) electrons. The molecule has 1 saturated heterocycles. The van der Waals surface area contributed by atoms with E-state index in [2.05, 4.69) is 18.3 Å². The fourth-order valence-corrected chi connectivity index (χ4v) is 3.08. The number of likely N-dealkylation sites (tertiary alicyclic amines) is 1. The summed E-state index contributed by atoms with van der Waals surface area (Å²) in [4.78, 5) is 13.4. The van der Waals surface area contributed by atoms with Crippen LogP contribution in [-0.2, 0) is 11.3 Å². The maximum absolute atomic E-state index is 11.5. The molecule has 1 N–H and O–H groups in total. The number of nitrogens with zero attached hydrogens (tertiary/aromatic N) is 1. The Balaban J connectivity index is 1.93. The highest BCUT2D eigenvalue weighted by molar-refractivity contribution is 5.73. The SMILES string of the molecule is CCOc1cc(CN[C@H]2CCN(C(C)=O)C[C@H]2C)ccc1OC. The van der Waals surface area contributed by atoms with Gasteiger partial charge in [0.05, 0.1) is 13.7 Å². The largest absolute Gasteiger partial charge is 0.493 e. The Labute approximate surface area is 139 Å². The van der Waals surface area contributed by atoms with E-state index in [0.717, 1.165) is 37.6 Å². The van der Waals surface area contributed by atoms with Crippen molar-refractivity contribution in [3.8, 4) is 11.5 Å². The number of piperidine rings is 1. The summed E-state index contributed by atoms with van der Waals surface area (Å²) in [6.07, 6.45) is 0.995. The second kappa shape index (κ2) is 8.20. The molecule has 1 amide bonds. The number of methoxy groups -OCH3 is 1. The lowest BCUT2D eigenvalue weighted by Gasteiger charge is -2.37. The van der Waals surface area contributed by atoms with Crippen molar-refractivity contribution in [1.82, 2.24) is 10.2 Å². The van der Waals surface area contributed by atoms with Gasteiger partial charge in [0.15, 0.2) is 11.5 Å². The van der Waals surface area contributed by atoms with Crippen LogP contribution in [0.3, 0.4) is 0 Å². The average Bonchev–Trinajstić information content (AvgIpc) is 2.54. The minimum absolute atomic E-state index is 0.173. The Kier molecular flexibility index (Phi) is 6.28. The van der Waals surface area contributed by atoms with Crippen LogP contribution in [0.25, 0.3) is 0 Å². The van der Waals surface area contributed by atoms with Gasteiger partial charge in [0, 0.05) is 32.6 Å². The van der Waals surface area contributed by atoms with E-state index in [1.165, 1.54) is 5.56 Å². The first kappa shape index (κ1) is 17.6. The van der Waals surface area contributed by atoms with Crippen LogP contribution >= 0.6 is 0 Å². The molecule has 0 saturated carbocycles. The lowest BCUT2D eigenvalue weighted by molar-refractivity contribution is -0.130. The zero-order valence-corrected chi connectivity index (χ0v) is 14.6. The molecule has 1 aromatic carbocycles. The fraction of sp³-hybridized carbons (Fsp3) is 0.611. The molecule has 2 rings (SSSR count). The van der Waals surface area contributed by atoms with Crippen LogP contribution in [0.2, 0.25) is 0 Å². The molecule has 0 aromatic heterocycles. The lowest BCUT2D eigenvalue weighted by Crippen LogP contribution is -2.49. The molecule has 2 atom stereocenters. The van der Waals surface area contributed by atoms with Crippen LogP contribution in [-0.4, -0.2) is 43.7 Å². The molecule has 1 fully saturated rings. The Morgan fingerprint density at radius 2 is 2.17 bits per heavy atom. The van der Waals surface area contributed by atoms with Gasteiger partial charge in [-0.05, 0) is 37.0 Å². The molecular weight excluding hydrogens is 292 g/mol. The van der Waals surface area contributed by atoms with Gasteiger partial charge in [-0.3, -0.25) is 4.79 Å². The third kappa shape index (κ3) is 4.61. The third-order valence-electron chi connectivity index (χ3n) is 4.45. The van der Waals surface area contributed by atoms with Crippen molar-refractivity contribution in [3.05, 3.63) is 23.8 Å². The summed E-state index contributed by atoms with van der Waals surface area (Å²) in [5.41, 5.74) is 1.18. The Hall–Kier alpha value is -1.75. The van der Waals surface area contributed by atoms with Gasteiger partial charge in [0.2, 0.25) is 5.91 Å².